The second-order valence-electron chi connectivity index (χ2n) is 6.26. The van der Waals surface area contributed by atoms with Crippen LogP contribution >= 0.6 is 0 Å². The third-order valence-corrected chi connectivity index (χ3v) is 4.47. The van der Waals surface area contributed by atoms with Crippen molar-refractivity contribution in [2.45, 2.75) is 13.8 Å². The second kappa shape index (κ2) is 6.77. The first-order valence-electron chi connectivity index (χ1n) is 8.83. The third kappa shape index (κ3) is 2.80. The Kier molecular flexibility index (Phi) is 4.31. The lowest BCUT2D eigenvalue weighted by atomic mass is 10.1. The number of nitrogens with one attached hydrogen (secondary N) is 1. The summed E-state index contributed by atoms with van der Waals surface area (Å²) in [6.45, 7) is 5.34. The van der Waals surface area contributed by atoms with Gasteiger partial charge < -0.3 is 14.8 Å². The van der Waals surface area contributed by atoms with E-state index in [0.29, 0.717) is 12.1 Å². The highest BCUT2D eigenvalue weighted by Crippen LogP contribution is 2.34. The van der Waals surface area contributed by atoms with Crippen LogP contribution in [0.15, 0.2) is 51.9 Å². The normalized spacial score (nSPS) is 12.3. The number of hydrogen-bond acceptors (Lipinski definition) is 5. The van der Waals surface area contributed by atoms with Crippen molar-refractivity contribution in [2.75, 3.05) is 25.0 Å². The molecule has 0 radical (unpaired) electrons. The van der Waals surface area contributed by atoms with E-state index in [1.807, 2.05) is 50.2 Å². The summed E-state index contributed by atoms with van der Waals surface area (Å²) in [4.78, 5) is 9.39. The molecule has 1 aliphatic carbocycles. The number of hydrogen-bond donors (Lipinski definition) is 2. The van der Waals surface area contributed by atoms with Gasteiger partial charge in [0.1, 0.15) is 11.2 Å². The fourth-order valence-electron chi connectivity index (χ4n) is 3.28. The molecule has 2 N–H and O–H groups in total. The van der Waals surface area contributed by atoms with Gasteiger partial charge in [-0.25, -0.2) is 4.98 Å². The SMILES string of the molecule is CCN=c1cc2oc3cc(NCCO)c4ccccc4c3nc-2cc1C. The van der Waals surface area contributed by atoms with E-state index < -0.39 is 0 Å². The third-order valence-electron chi connectivity index (χ3n) is 4.47. The zero-order valence-electron chi connectivity index (χ0n) is 14.9. The van der Waals surface area contributed by atoms with Gasteiger partial charge in [0.2, 0.25) is 0 Å². The highest BCUT2D eigenvalue weighted by molar-refractivity contribution is 6.10. The molecule has 5 heteroatoms. The van der Waals surface area contributed by atoms with Gasteiger partial charge in [0, 0.05) is 41.7 Å². The summed E-state index contributed by atoms with van der Waals surface area (Å²) >= 11 is 0. The number of aliphatic hydroxyl groups excluding tert-OH is 1. The molecule has 5 nitrogen and oxygen atoms in total. The van der Waals surface area contributed by atoms with Crippen molar-refractivity contribution >= 4 is 27.6 Å². The van der Waals surface area contributed by atoms with Gasteiger partial charge in [0.05, 0.1) is 12.0 Å². The Hall–Kier alpha value is -2.92. The molecule has 2 aromatic carbocycles. The number of rotatable bonds is 4. The molecule has 0 amide bonds. The van der Waals surface area contributed by atoms with Crippen molar-refractivity contribution in [3.05, 3.63) is 53.4 Å². The minimum absolute atomic E-state index is 0.0701. The van der Waals surface area contributed by atoms with Crippen molar-refractivity contribution in [3.63, 3.8) is 0 Å². The average Bonchev–Trinajstić information content (AvgIpc) is 2.66. The lowest BCUT2D eigenvalue weighted by molar-refractivity contribution is 0.311. The standard InChI is InChI=1S/C21H21N3O2/c1-3-22-16-11-19-18(10-13(16)2)24-21-15-7-5-4-6-14(15)17(23-8-9-25)12-20(21)26-19/h4-7,10-12,23,25H,3,8-9H2,1-2H3. The first-order valence-corrected chi connectivity index (χ1v) is 8.83. The lowest BCUT2D eigenvalue weighted by Gasteiger charge is -2.13. The molecule has 0 aromatic heterocycles. The van der Waals surface area contributed by atoms with Crippen molar-refractivity contribution < 1.29 is 9.52 Å². The maximum atomic E-state index is 9.15. The van der Waals surface area contributed by atoms with E-state index in [0.717, 1.165) is 50.9 Å². The number of aryl methyl sites for hydroxylation is 1. The Bertz CT molecular complexity index is 1130. The van der Waals surface area contributed by atoms with Crippen LogP contribution in [0.5, 0.6) is 0 Å². The van der Waals surface area contributed by atoms with Gasteiger partial charge in [-0.3, -0.25) is 4.99 Å². The number of anilines is 1. The van der Waals surface area contributed by atoms with E-state index >= 15 is 0 Å². The average molecular weight is 347 g/mol. The number of aliphatic hydroxyl groups is 1. The molecular weight excluding hydrogens is 326 g/mol. The molecule has 4 rings (SSSR count). The van der Waals surface area contributed by atoms with Crippen LogP contribution < -0.4 is 10.7 Å². The van der Waals surface area contributed by atoms with Crippen molar-refractivity contribution in [2.24, 2.45) is 4.99 Å². The smallest absolute Gasteiger partial charge is 0.155 e. The predicted molar refractivity (Wildman–Crippen MR) is 105 cm³/mol. The number of nitrogens with zero attached hydrogens (tertiary/aromatic N) is 2. The fraction of sp³-hybridized carbons (Fsp3) is 0.238. The Balaban J connectivity index is 2.05. The monoisotopic (exact) mass is 347 g/mol. The summed E-state index contributed by atoms with van der Waals surface area (Å²) in [5.41, 5.74) is 4.39. The molecular formula is C21H21N3O2. The number of benzene rings is 3. The minimum Gasteiger partial charge on any atom is -0.453 e. The Morgan fingerprint density at radius 2 is 1.96 bits per heavy atom. The van der Waals surface area contributed by atoms with Crippen LogP contribution in [-0.2, 0) is 0 Å². The van der Waals surface area contributed by atoms with E-state index in [1.54, 1.807) is 0 Å². The van der Waals surface area contributed by atoms with Gasteiger partial charge in [-0.15, -0.1) is 0 Å². The summed E-state index contributed by atoms with van der Waals surface area (Å²) in [6, 6.07) is 14.0. The lowest BCUT2D eigenvalue weighted by Crippen LogP contribution is -2.09. The maximum Gasteiger partial charge on any atom is 0.155 e. The van der Waals surface area contributed by atoms with Gasteiger partial charge in [-0.05, 0) is 25.5 Å². The highest BCUT2D eigenvalue weighted by Gasteiger charge is 2.14. The van der Waals surface area contributed by atoms with Gasteiger partial charge >= 0.3 is 0 Å². The summed E-state index contributed by atoms with van der Waals surface area (Å²) in [7, 11) is 0. The van der Waals surface area contributed by atoms with Gasteiger partial charge in [-0.1, -0.05) is 24.3 Å². The second-order valence-corrected chi connectivity index (χ2v) is 6.26. The van der Waals surface area contributed by atoms with Crippen LogP contribution in [0.4, 0.5) is 5.69 Å². The molecule has 1 aliphatic heterocycles. The molecule has 2 aliphatic rings. The first-order chi connectivity index (χ1) is 12.7. The fourth-order valence-corrected chi connectivity index (χ4v) is 3.28. The summed E-state index contributed by atoms with van der Waals surface area (Å²) < 4.78 is 6.19. The molecule has 26 heavy (non-hydrogen) atoms. The molecule has 0 spiro atoms. The minimum atomic E-state index is 0.0701. The summed E-state index contributed by atoms with van der Waals surface area (Å²) in [5, 5.41) is 15.4. The van der Waals surface area contributed by atoms with Gasteiger partial charge in [0.15, 0.2) is 11.3 Å². The maximum absolute atomic E-state index is 9.15. The quantitative estimate of drug-likeness (QED) is 0.436. The van der Waals surface area contributed by atoms with Crippen LogP contribution in [0.1, 0.15) is 12.5 Å². The number of aromatic nitrogens is 1. The largest absolute Gasteiger partial charge is 0.453 e. The molecule has 0 atom stereocenters. The molecule has 0 saturated heterocycles. The van der Waals surface area contributed by atoms with Crippen molar-refractivity contribution in [1.82, 2.24) is 4.98 Å². The summed E-state index contributed by atoms with van der Waals surface area (Å²) in [5.74, 6) is 0.721. The van der Waals surface area contributed by atoms with E-state index in [2.05, 4.69) is 16.4 Å². The van der Waals surface area contributed by atoms with Crippen LogP contribution in [0.25, 0.3) is 33.3 Å². The molecule has 2 aromatic rings. The van der Waals surface area contributed by atoms with Crippen LogP contribution in [-0.4, -0.2) is 29.8 Å². The molecule has 0 fully saturated rings. The van der Waals surface area contributed by atoms with Crippen molar-refractivity contribution in [3.8, 4) is 11.5 Å². The Labute approximate surface area is 151 Å². The van der Waals surface area contributed by atoms with Crippen LogP contribution in [0.2, 0.25) is 0 Å². The van der Waals surface area contributed by atoms with E-state index in [4.69, 9.17) is 14.5 Å². The summed E-state index contributed by atoms with van der Waals surface area (Å²) in [6.07, 6.45) is 0. The van der Waals surface area contributed by atoms with E-state index in [9.17, 15) is 0 Å². The first kappa shape index (κ1) is 16.5. The zero-order chi connectivity index (χ0) is 18.1. The van der Waals surface area contributed by atoms with Gasteiger partial charge in [0.25, 0.3) is 0 Å². The molecule has 1 heterocycles. The zero-order valence-corrected chi connectivity index (χ0v) is 14.9. The van der Waals surface area contributed by atoms with E-state index in [1.165, 1.54) is 0 Å². The Morgan fingerprint density at radius 1 is 1.15 bits per heavy atom. The molecule has 132 valence electrons. The molecule has 0 unspecified atom stereocenters. The molecule has 0 bridgehead atoms. The topological polar surface area (TPSA) is 70.7 Å². The van der Waals surface area contributed by atoms with E-state index in [-0.39, 0.29) is 6.61 Å². The van der Waals surface area contributed by atoms with Crippen LogP contribution in [0.3, 0.4) is 0 Å². The van der Waals surface area contributed by atoms with Gasteiger partial charge in [-0.2, -0.15) is 0 Å². The van der Waals surface area contributed by atoms with Crippen molar-refractivity contribution in [1.29, 1.82) is 0 Å². The Morgan fingerprint density at radius 3 is 2.73 bits per heavy atom. The predicted octanol–water partition coefficient (Wildman–Crippen LogP) is 3.72. The van der Waals surface area contributed by atoms with Crippen LogP contribution in [0, 0.1) is 6.92 Å². The number of fused-ring (bicyclic) bond motifs is 4. The molecule has 0 saturated carbocycles. The highest BCUT2D eigenvalue weighted by atomic mass is 16.3.